The lowest BCUT2D eigenvalue weighted by molar-refractivity contribution is 0.446. The van der Waals surface area contributed by atoms with Crippen molar-refractivity contribution in [3.63, 3.8) is 0 Å². The van der Waals surface area contributed by atoms with Gasteiger partial charge in [-0.05, 0) is 34.5 Å². The molecule has 1 heterocycles. The molecule has 17 heavy (non-hydrogen) atoms. The third-order valence-electron chi connectivity index (χ3n) is 2.39. The first-order chi connectivity index (χ1) is 8.01. The number of nitrogens with zero attached hydrogens (tertiary/aromatic N) is 2. The fourth-order valence-corrected chi connectivity index (χ4v) is 2.59. The van der Waals surface area contributed by atoms with Crippen LogP contribution >= 0.6 is 31.9 Å². The lowest BCUT2D eigenvalue weighted by Gasteiger charge is -2.17. The van der Waals surface area contributed by atoms with E-state index >= 15 is 0 Å². The topological polar surface area (TPSA) is 68.2 Å². The van der Waals surface area contributed by atoms with E-state index in [2.05, 4.69) is 43.8 Å². The van der Waals surface area contributed by atoms with Gasteiger partial charge in [0.05, 0.1) is 22.8 Å². The van der Waals surface area contributed by atoms with Gasteiger partial charge in [-0.25, -0.2) is 5.84 Å². The summed E-state index contributed by atoms with van der Waals surface area (Å²) in [7, 11) is 1.75. The summed E-state index contributed by atoms with van der Waals surface area (Å²) in [6, 6.07) is 3.83. The van der Waals surface area contributed by atoms with Crippen LogP contribution in [0.2, 0.25) is 0 Å². The van der Waals surface area contributed by atoms with Crippen LogP contribution in [0.15, 0.2) is 22.3 Å². The van der Waals surface area contributed by atoms with Crippen molar-refractivity contribution in [3.05, 3.63) is 33.7 Å². The average Bonchev–Trinajstić information content (AvgIpc) is 2.29. The van der Waals surface area contributed by atoms with Gasteiger partial charge in [-0.15, -0.1) is 0 Å². The van der Waals surface area contributed by atoms with Gasteiger partial charge in [0.2, 0.25) is 0 Å². The van der Waals surface area contributed by atoms with Crippen LogP contribution in [0.1, 0.15) is 18.3 Å². The van der Waals surface area contributed by atoms with Gasteiger partial charge in [-0.1, -0.05) is 22.9 Å². The number of allylic oxidation sites excluding steroid dienone is 1. The van der Waals surface area contributed by atoms with Crippen molar-refractivity contribution < 1.29 is 0 Å². The van der Waals surface area contributed by atoms with Crippen LogP contribution in [0.25, 0.3) is 5.70 Å². The Bertz CT molecular complexity index is 429. The summed E-state index contributed by atoms with van der Waals surface area (Å²) in [5.41, 5.74) is 9.21. The molecule has 0 fully saturated rings. The standard InChI is InChI=1S/C11H16Br2N4/c1-3-8-7(13)4-5-9(16-8)11(14)10(6-12)17(2)15/h4-5H,3,6,14-15H2,1-2H3/b11-10-. The predicted octanol–water partition coefficient (Wildman–Crippen LogP) is 2.23. The van der Waals surface area contributed by atoms with E-state index in [0.717, 1.165) is 28.0 Å². The molecule has 4 nitrogen and oxygen atoms in total. The molecule has 0 saturated heterocycles. The van der Waals surface area contributed by atoms with E-state index in [1.165, 1.54) is 5.01 Å². The highest BCUT2D eigenvalue weighted by Gasteiger charge is 2.10. The summed E-state index contributed by atoms with van der Waals surface area (Å²) >= 11 is 6.83. The first kappa shape index (κ1) is 14.5. The van der Waals surface area contributed by atoms with Crippen LogP contribution in [-0.4, -0.2) is 22.4 Å². The molecule has 0 unspecified atom stereocenters. The maximum absolute atomic E-state index is 6.07. The Morgan fingerprint density at radius 3 is 2.59 bits per heavy atom. The number of hydrogen-bond acceptors (Lipinski definition) is 4. The van der Waals surface area contributed by atoms with Gasteiger partial charge in [0.15, 0.2) is 0 Å². The Balaban J connectivity index is 3.24. The number of hydrazine groups is 1. The molecular formula is C11H16Br2N4. The molecule has 0 aliphatic heterocycles. The zero-order valence-corrected chi connectivity index (χ0v) is 13.0. The summed E-state index contributed by atoms with van der Waals surface area (Å²) in [6.45, 7) is 2.05. The molecule has 1 aromatic heterocycles. The first-order valence-corrected chi connectivity index (χ1v) is 7.11. The monoisotopic (exact) mass is 362 g/mol. The largest absolute Gasteiger partial charge is 0.395 e. The number of aryl methyl sites for hydroxylation is 1. The minimum Gasteiger partial charge on any atom is -0.395 e. The molecule has 6 heteroatoms. The second-order valence-corrected chi connectivity index (χ2v) is 5.00. The molecule has 0 amide bonds. The number of rotatable bonds is 4. The zero-order chi connectivity index (χ0) is 13.0. The molecule has 1 rings (SSSR count). The molecule has 0 aromatic carbocycles. The summed E-state index contributed by atoms with van der Waals surface area (Å²) in [5.74, 6) is 5.71. The smallest absolute Gasteiger partial charge is 0.0881 e. The fourth-order valence-electron chi connectivity index (χ4n) is 1.39. The minimum absolute atomic E-state index is 0.588. The first-order valence-electron chi connectivity index (χ1n) is 5.20. The van der Waals surface area contributed by atoms with E-state index in [1.807, 2.05) is 12.1 Å². The number of nitrogens with two attached hydrogens (primary N) is 2. The molecule has 0 saturated carbocycles. The van der Waals surface area contributed by atoms with Gasteiger partial charge in [0.25, 0.3) is 0 Å². The molecular weight excluding hydrogens is 348 g/mol. The number of alkyl halides is 1. The van der Waals surface area contributed by atoms with Crippen molar-refractivity contribution in [3.8, 4) is 0 Å². The average molecular weight is 364 g/mol. The third kappa shape index (κ3) is 3.43. The van der Waals surface area contributed by atoms with E-state index in [1.54, 1.807) is 7.05 Å². The van der Waals surface area contributed by atoms with Crippen LogP contribution in [0.4, 0.5) is 0 Å². The normalized spacial score (nSPS) is 12.3. The number of aromatic nitrogens is 1. The summed E-state index contributed by atoms with van der Waals surface area (Å²) in [5, 5.41) is 2.09. The molecule has 1 aromatic rings. The van der Waals surface area contributed by atoms with Crippen LogP contribution in [0.5, 0.6) is 0 Å². The van der Waals surface area contributed by atoms with Crippen molar-refractivity contribution in [1.29, 1.82) is 0 Å². The lowest BCUT2D eigenvalue weighted by Crippen LogP contribution is -2.28. The number of pyridine rings is 1. The van der Waals surface area contributed by atoms with E-state index < -0.39 is 0 Å². The Hall–Kier alpha value is -0.590. The van der Waals surface area contributed by atoms with Crippen molar-refractivity contribution in [2.24, 2.45) is 11.6 Å². The van der Waals surface area contributed by atoms with E-state index in [-0.39, 0.29) is 0 Å². The second-order valence-electron chi connectivity index (χ2n) is 3.58. The highest BCUT2D eigenvalue weighted by molar-refractivity contribution is 9.10. The lowest BCUT2D eigenvalue weighted by atomic mass is 10.2. The van der Waals surface area contributed by atoms with E-state index in [4.69, 9.17) is 11.6 Å². The summed E-state index contributed by atoms with van der Waals surface area (Å²) in [6.07, 6.45) is 0.851. The highest BCUT2D eigenvalue weighted by atomic mass is 79.9. The maximum atomic E-state index is 6.07. The molecule has 0 atom stereocenters. The quantitative estimate of drug-likeness (QED) is 0.489. The Labute approximate surface area is 118 Å². The van der Waals surface area contributed by atoms with Crippen molar-refractivity contribution in [2.75, 3.05) is 12.4 Å². The Morgan fingerprint density at radius 2 is 2.12 bits per heavy atom. The van der Waals surface area contributed by atoms with Crippen LogP contribution in [-0.2, 0) is 6.42 Å². The van der Waals surface area contributed by atoms with Crippen LogP contribution in [0, 0.1) is 0 Å². The molecule has 0 radical (unpaired) electrons. The number of halogens is 2. The van der Waals surface area contributed by atoms with Crippen LogP contribution < -0.4 is 11.6 Å². The third-order valence-corrected chi connectivity index (χ3v) is 3.65. The molecule has 94 valence electrons. The molecule has 0 aliphatic rings. The van der Waals surface area contributed by atoms with E-state index in [9.17, 15) is 0 Å². The summed E-state index contributed by atoms with van der Waals surface area (Å²) < 4.78 is 0.998. The van der Waals surface area contributed by atoms with E-state index in [0.29, 0.717) is 11.0 Å². The fraction of sp³-hybridized carbons (Fsp3) is 0.364. The van der Waals surface area contributed by atoms with Gasteiger partial charge in [-0.3, -0.25) is 4.98 Å². The van der Waals surface area contributed by atoms with Gasteiger partial charge < -0.3 is 10.7 Å². The zero-order valence-electron chi connectivity index (χ0n) is 9.87. The second kappa shape index (κ2) is 6.37. The van der Waals surface area contributed by atoms with Gasteiger partial charge in [0, 0.05) is 16.9 Å². The van der Waals surface area contributed by atoms with Crippen molar-refractivity contribution >= 4 is 37.6 Å². The molecule has 4 N–H and O–H groups in total. The predicted molar refractivity (Wildman–Crippen MR) is 78.2 cm³/mol. The summed E-state index contributed by atoms with van der Waals surface area (Å²) in [4.78, 5) is 4.51. The SMILES string of the molecule is CCc1nc(/C(N)=C(\CBr)N(C)N)ccc1Br. The van der Waals surface area contributed by atoms with Crippen molar-refractivity contribution in [2.45, 2.75) is 13.3 Å². The minimum atomic E-state index is 0.588. The van der Waals surface area contributed by atoms with Gasteiger partial charge in [-0.2, -0.15) is 0 Å². The van der Waals surface area contributed by atoms with Gasteiger partial charge in [0.1, 0.15) is 0 Å². The van der Waals surface area contributed by atoms with Crippen LogP contribution in [0.3, 0.4) is 0 Å². The maximum Gasteiger partial charge on any atom is 0.0881 e. The van der Waals surface area contributed by atoms with Crippen molar-refractivity contribution in [1.82, 2.24) is 9.99 Å². The Morgan fingerprint density at radius 1 is 1.47 bits per heavy atom. The molecule has 0 aliphatic carbocycles. The molecule has 0 bridgehead atoms. The van der Waals surface area contributed by atoms with Gasteiger partial charge >= 0.3 is 0 Å². The highest BCUT2D eigenvalue weighted by Crippen LogP contribution is 2.20. The molecule has 0 spiro atoms. The Kier molecular flexibility index (Phi) is 5.42. The number of hydrogen-bond donors (Lipinski definition) is 2.